The van der Waals surface area contributed by atoms with Crippen LogP contribution in [0.1, 0.15) is 63.5 Å². The number of rotatable bonds is 3. The Morgan fingerprint density at radius 2 is 1.17 bits per heavy atom. The molecule has 0 bridgehead atoms. The molecule has 0 spiro atoms. The number of hydrogen-bond donors (Lipinski definition) is 0. The van der Waals surface area contributed by atoms with Crippen LogP contribution < -0.4 is 0 Å². The third kappa shape index (κ3) is 11.4. The smallest absolute Gasteiger partial charge is 0.172 e. The van der Waals surface area contributed by atoms with Crippen LogP contribution in [-0.2, 0) is 29.3 Å². The van der Waals surface area contributed by atoms with Gasteiger partial charge in [0.25, 0.3) is 0 Å². The summed E-state index contributed by atoms with van der Waals surface area (Å²) in [5, 5.41) is 0. The van der Waals surface area contributed by atoms with Crippen molar-refractivity contribution in [3.05, 3.63) is 90.0 Å². The van der Waals surface area contributed by atoms with Crippen molar-refractivity contribution >= 4 is 5.69 Å². The topological polar surface area (TPSA) is 21.6 Å². The second kappa shape index (κ2) is 16.4. The molecule has 0 saturated carbocycles. The number of hydrogen-bond acceptors (Lipinski definition) is 2. The first-order valence-corrected chi connectivity index (χ1v) is 11.6. The van der Waals surface area contributed by atoms with Crippen molar-refractivity contribution in [3.8, 4) is 0 Å². The summed E-state index contributed by atoms with van der Waals surface area (Å²) in [7, 11) is 0. The van der Waals surface area contributed by atoms with E-state index in [1.807, 2.05) is 60.7 Å². The van der Waals surface area contributed by atoms with E-state index < -0.39 is 0 Å². The standard InChI is InChI=1S/C12H17N.2C5H5.C4H8O.Zr/c1-8(2)10-6-5-7-11(9(3)4)12(10)13;3*1-2-4-5-3-1;/h5-9H,1-4H3;2*1-5H;1-4H2;/q;2*-1;;. The van der Waals surface area contributed by atoms with Gasteiger partial charge in [-0.15, -0.1) is 0 Å². The Morgan fingerprint density at radius 3 is 1.38 bits per heavy atom. The number of nitrogens with zero attached hydrogens (tertiary/aromatic N) is 1. The van der Waals surface area contributed by atoms with Crippen LogP contribution in [0.5, 0.6) is 0 Å². The van der Waals surface area contributed by atoms with Gasteiger partial charge in [-0.3, -0.25) is 0 Å². The van der Waals surface area contributed by atoms with Crippen molar-refractivity contribution in [2.75, 3.05) is 13.2 Å². The van der Waals surface area contributed by atoms with E-state index in [1.54, 1.807) is 0 Å². The quantitative estimate of drug-likeness (QED) is 0.358. The Balaban J connectivity index is 0.000000226. The Hall–Kier alpha value is -1.44. The zero-order chi connectivity index (χ0) is 21.3. The monoisotopic (exact) mass is 467 g/mol. The van der Waals surface area contributed by atoms with Gasteiger partial charge < -0.3 is 4.74 Å². The number of benzene rings is 1. The molecule has 1 fully saturated rings. The van der Waals surface area contributed by atoms with Crippen LogP contribution in [0.15, 0.2) is 81.7 Å². The molecule has 1 saturated heterocycles. The van der Waals surface area contributed by atoms with Crippen LogP contribution in [0.2, 0.25) is 0 Å². The van der Waals surface area contributed by atoms with E-state index in [9.17, 15) is 0 Å². The van der Waals surface area contributed by atoms with Gasteiger partial charge in [0.05, 0.1) is 0 Å². The summed E-state index contributed by atoms with van der Waals surface area (Å²) in [6.45, 7) is 10.9. The molecule has 0 aliphatic carbocycles. The van der Waals surface area contributed by atoms with Gasteiger partial charge in [0.15, 0.2) is 0 Å². The number of ether oxygens (including phenoxy) is 1. The average Bonchev–Trinajstić information content (AvgIpc) is 3.52. The van der Waals surface area contributed by atoms with Crippen molar-refractivity contribution in [3.63, 3.8) is 0 Å². The first kappa shape index (κ1) is 25.6. The van der Waals surface area contributed by atoms with Crippen LogP contribution in [0, 0.1) is 0 Å². The molecule has 2 nitrogen and oxygen atoms in total. The summed E-state index contributed by atoms with van der Waals surface area (Å²) in [5.41, 5.74) is 4.00. The fourth-order valence-electron chi connectivity index (χ4n) is 2.79. The molecular weight excluding hydrogens is 434 g/mol. The van der Waals surface area contributed by atoms with E-state index in [2.05, 4.69) is 48.8 Å². The van der Waals surface area contributed by atoms with E-state index in [1.165, 1.54) is 54.2 Å². The van der Waals surface area contributed by atoms with E-state index in [-0.39, 0.29) is 0 Å². The molecule has 0 unspecified atom stereocenters. The third-order valence-electron chi connectivity index (χ3n) is 4.39. The Morgan fingerprint density at radius 1 is 0.759 bits per heavy atom. The largest absolute Gasteiger partial charge is 0.214 e. The van der Waals surface area contributed by atoms with Gasteiger partial charge in [0.1, 0.15) is 0 Å². The summed E-state index contributed by atoms with van der Waals surface area (Å²) >= 11 is 1.24. The molecule has 0 atom stereocenters. The van der Waals surface area contributed by atoms with Crippen molar-refractivity contribution in [1.82, 2.24) is 0 Å². The average molecular weight is 469 g/mol. The summed E-state index contributed by atoms with van der Waals surface area (Å²) in [5.74, 6) is 1.13. The molecule has 0 radical (unpaired) electrons. The van der Waals surface area contributed by atoms with Crippen LogP contribution >= 0.6 is 0 Å². The van der Waals surface area contributed by atoms with Crippen LogP contribution in [0.4, 0.5) is 5.69 Å². The van der Waals surface area contributed by atoms with Gasteiger partial charge in [-0.25, -0.2) is 24.3 Å². The minimum Gasteiger partial charge on any atom is -0.214 e. The van der Waals surface area contributed by atoms with Crippen molar-refractivity contribution in [2.24, 2.45) is 2.87 Å². The molecule has 1 heterocycles. The first-order valence-electron chi connectivity index (χ1n) is 10.5. The van der Waals surface area contributed by atoms with Crippen LogP contribution in [-0.4, -0.2) is 13.2 Å². The molecule has 29 heavy (non-hydrogen) atoms. The molecule has 1 aliphatic rings. The Labute approximate surface area is 192 Å². The van der Waals surface area contributed by atoms with Gasteiger partial charge in [0.2, 0.25) is 0 Å². The molecule has 0 aromatic heterocycles. The second-order valence-corrected chi connectivity index (χ2v) is 8.00. The third-order valence-corrected chi connectivity index (χ3v) is 4.94. The van der Waals surface area contributed by atoms with Gasteiger partial charge in [-0.05, 0) is 12.8 Å². The summed E-state index contributed by atoms with van der Waals surface area (Å²) in [4.78, 5) is 0. The second-order valence-electron chi connectivity index (χ2n) is 7.45. The van der Waals surface area contributed by atoms with Gasteiger partial charge in [0, 0.05) is 13.2 Å². The molecule has 1 aliphatic heterocycles. The van der Waals surface area contributed by atoms with E-state index >= 15 is 0 Å². The van der Waals surface area contributed by atoms with Crippen LogP contribution in [0.3, 0.4) is 0 Å². The van der Waals surface area contributed by atoms with Crippen molar-refractivity contribution < 1.29 is 29.3 Å². The maximum Gasteiger partial charge on any atom is -0.172 e. The van der Waals surface area contributed by atoms with E-state index in [0.29, 0.717) is 11.8 Å². The van der Waals surface area contributed by atoms with Crippen molar-refractivity contribution in [2.45, 2.75) is 52.4 Å². The molecule has 156 valence electrons. The minimum atomic E-state index is 0.563. The normalized spacial score (nSPS) is 12.2. The fraction of sp³-hybridized carbons (Fsp3) is 0.385. The van der Waals surface area contributed by atoms with E-state index in [4.69, 9.17) is 4.74 Å². The fourth-order valence-corrected chi connectivity index (χ4v) is 3.43. The summed E-state index contributed by atoms with van der Waals surface area (Å²) in [6, 6.07) is 26.5. The zero-order valence-electron chi connectivity index (χ0n) is 18.3. The SMILES string of the molecule is C1CCOC1.CC(C)c1cccc(C(C)C)c1[N]=[Zr].c1cc[cH-]c1.c1cc[cH-]c1. The summed E-state index contributed by atoms with van der Waals surface area (Å²) in [6.07, 6.45) is 2.56. The van der Waals surface area contributed by atoms with Crippen LogP contribution in [0.25, 0.3) is 0 Å². The Bertz CT molecular complexity index is 632. The van der Waals surface area contributed by atoms with E-state index in [0.717, 1.165) is 13.2 Å². The summed E-state index contributed by atoms with van der Waals surface area (Å²) < 4.78 is 9.45. The van der Waals surface area contributed by atoms with Crippen molar-refractivity contribution in [1.29, 1.82) is 0 Å². The molecule has 3 aromatic rings. The predicted molar refractivity (Wildman–Crippen MR) is 121 cm³/mol. The minimum absolute atomic E-state index is 0.563. The Kier molecular flexibility index (Phi) is 14.5. The van der Waals surface area contributed by atoms with Gasteiger partial charge in [-0.1, -0.05) is 0 Å². The first-order chi connectivity index (χ1) is 14.1. The zero-order valence-corrected chi connectivity index (χ0v) is 20.8. The molecule has 0 amide bonds. The molecule has 3 heteroatoms. The van der Waals surface area contributed by atoms with Gasteiger partial charge in [-0.2, -0.15) is 36.4 Å². The molecule has 4 rings (SSSR count). The molecule has 0 N–H and O–H groups in total. The predicted octanol–water partition coefficient (Wildman–Crippen LogP) is 7.90. The van der Waals surface area contributed by atoms with Gasteiger partial charge >= 0.3 is 102 Å². The molecule has 3 aromatic carbocycles. The maximum atomic E-state index is 4.94. The molecular formula is C26H35NOZr-2. The maximum absolute atomic E-state index is 4.94.